The average molecular weight is 411 g/mol. The fourth-order valence-electron chi connectivity index (χ4n) is 4.82. The highest BCUT2D eigenvalue weighted by Gasteiger charge is 2.45. The van der Waals surface area contributed by atoms with Crippen LogP contribution in [0.2, 0.25) is 0 Å². The molecule has 162 valence electrons. The number of carbonyl (C=O) groups is 1. The third kappa shape index (κ3) is 4.07. The molecule has 0 radical (unpaired) electrons. The standard InChI is InChI=1S/C23H34N6O/c1-16(30)29-14-6-9-23(15-29)10-8-17-19(23)27-21(22(2,3)4)28-20(17)26-11-5-7-18-24-12-13-25-18/h12-13H,5-11,14-15H2,1-4H3,(H,24,25)(H,26,27,28). The molecule has 0 saturated carbocycles. The van der Waals surface area contributed by atoms with Crippen LogP contribution in [0.25, 0.3) is 0 Å². The van der Waals surface area contributed by atoms with E-state index in [1.807, 2.05) is 11.1 Å². The van der Waals surface area contributed by atoms with Crippen molar-refractivity contribution in [1.29, 1.82) is 0 Å². The van der Waals surface area contributed by atoms with Gasteiger partial charge >= 0.3 is 0 Å². The lowest BCUT2D eigenvalue weighted by Crippen LogP contribution is -2.47. The van der Waals surface area contributed by atoms with Crippen molar-refractivity contribution in [3.05, 3.63) is 35.3 Å². The molecular weight excluding hydrogens is 376 g/mol. The van der Waals surface area contributed by atoms with Crippen molar-refractivity contribution >= 4 is 11.7 Å². The highest BCUT2D eigenvalue weighted by Crippen LogP contribution is 2.46. The summed E-state index contributed by atoms with van der Waals surface area (Å²) in [7, 11) is 0. The van der Waals surface area contributed by atoms with Crippen LogP contribution in [0.1, 0.15) is 76.3 Å². The van der Waals surface area contributed by atoms with E-state index in [9.17, 15) is 4.79 Å². The molecule has 1 fully saturated rings. The van der Waals surface area contributed by atoms with Gasteiger partial charge in [0.2, 0.25) is 5.91 Å². The van der Waals surface area contributed by atoms with Gasteiger partial charge in [0.25, 0.3) is 0 Å². The van der Waals surface area contributed by atoms with Crippen LogP contribution in [-0.2, 0) is 28.5 Å². The molecule has 1 amide bonds. The molecule has 2 aromatic heterocycles. The minimum atomic E-state index is -0.127. The van der Waals surface area contributed by atoms with Gasteiger partial charge in [0.15, 0.2) is 0 Å². The van der Waals surface area contributed by atoms with Crippen molar-refractivity contribution < 1.29 is 4.79 Å². The zero-order valence-corrected chi connectivity index (χ0v) is 18.7. The van der Waals surface area contributed by atoms with Crippen molar-refractivity contribution in [2.75, 3.05) is 25.0 Å². The Kier molecular flexibility index (Phi) is 5.55. The monoisotopic (exact) mass is 410 g/mol. The number of amides is 1. The molecule has 0 aromatic carbocycles. The summed E-state index contributed by atoms with van der Waals surface area (Å²) >= 11 is 0. The van der Waals surface area contributed by atoms with Gasteiger partial charge < -0.3 is 15.2 Å². The van der Waals surface area contributed by atoms with Crippen LogP contribution in [0.4, 0.5) is 5.82 Å². The number of hydrogen-bond donors (Lipinski definition) is 2. The number of rotatable bonds is 5. The molecule has 1 saturated heterocycles. The maximum absolute atomic E-state index is 12.1. The maximum atomic E-state index is 12.1. The topological polar surface area (TPSA) is 86.8 Å². The number of aromatic amines is 1. The number of nitrogens with one attached hydrogen (secondary N) is 2. The maximum Gasteiger partial charge on any atom is 0.219 e. The molecule has 2 N–H and O–H groups in total. The van der Waals surface area contributed by atoms with Crippen molar-refractivity contribution in [1.82, 2.24) is 24.8 Å². The van der Waals surface area contributed by atoms with Crippen LogP contribution in [0.5, 0.6) is 0 Å². The van der Waals surface area contributed by atoms with Gasteiger partial charge in [-0.1, -0.05) is 20.8 Å². The lowest BCUT2D eigenvalue weighted by molar-refractivity contribution is -0.131. The number of hydrogen-bond acceptors (Lipinski definition) is 5. The molecule has 4 rings (SSSR count). The molecule has 0 bridgehead atoms. The lowest BCUT2D eigenvalue weighted by Gasteiger charge is -2.40. The first kappa shape index (κ1) is 20.8. The van der Waals surface area contributed by atoms with E-state index in [-0.39, 0.29) is 16.7 Å². The Balaban J connectivity index is 1.60. The van der Waals surface area contributed by atoms with Gasteiger partial charge in [-0.05, 0) is 32.1 Å². The van der Waals surface area contributed by atoms with Gasteiger partial charge in [-0.15, -0.1) is 0 Å². The van der Waals surface area contributed by atoms with Gasteiger partial charge in [0.1, 0.15) is 17.5 Å². The van der Waals surface area contributed by atoms with E-state index in [1.165, 1.54) is 11.3 Å². The first-order chi connectivity index (χ1) is 14.3. The Morgan fingerprint density at radius 1 is 1.30 bits per heavy atom. The predicted molar refractivity (Wildman–Crippen MR) is 118 cm³/mol. The fraction of sp³-hybridized carbons (Fsp3) is 0.652. The largest absolute Gasteiger partial charge is 0.370 e. The summed E-state index contributed by atoms with van der Waals surface area (Å²) in [5, 5.41) is 3.60. The molecule has 7 heteroatoms. The highest BCUT2D eigenvalue weighted by molar-refractivity contribution is 5.73. The number of aryl methyl sites for hydroxylation is 1. The number of piperidine rings is 1. The second-order valence-electron chi connectivity index (χ2n) is 9.86. The van der Waals surface area contributed by atoms with Crippen molar-refractivity contribution in [2.45, 2.75) is 77.0 Å². The molecule has 1 spiro atoms. The zero-order chi connectivity index (χ0) is 21.4. The molecule has 1 unspecified atom stereocenters. The lowest BCUT2D eigenvalue weighted by atomic mass is 9.77. The van der Waals surface area contributed by atoms with E-state index in [0.29, 0.717) is 0 Å². The third-order valence-electron chi connectivity index (χ3n) is 6.49. The van der Waals surface area contributed by atoms with Crippen molar-refractivity contribution in [3.8, 4) is 0 Å². The minimum Gasteiger partial charge on any atom is -0.370 e. The molecule has 1 aliphatic heterocycles. The number of nitrogens with zero attached hydrogens (tertiary/aromatic N) is 4. The summed E-state index contributed by atoms with van der Waals surface area (Å²) in [6.45, 7) is 10.7. The summed E-state index contributed by atoms with van der Waals surface area (Å²) in [6.07, 6.45) is 9.73. The smallest absolute Gasteiger partial charge is 0.219 e. The molecule has 1 atom stereocenters. The quantitative estimate of drug-likeness (QED) is 0.738. The van der Waals surface area contributed by atoms with E-state index in [4.69, 9.17) is 9.97 Å². The van der Waals surface area contributed by atoms with E-state index >= 15 is 0 Å². The van der Waals surface area contributed by atoms with Crippen molar-refractivity contribution in [3.63, 3.8) is 0 Å². The molecule has 2 aromatic rings. The first-order valence-corrected chi connectivity index (χ1v) is 11.2. The Bertz CT molecular complexity index is 901. The fourth-order valence-corrected chi connectivity index (χ4v) is 4.82. The number of aromatic nitrogens is 4. The Morgan fingerprint density at radius 2 is 2.13 bits per heavy atom. The van der Waals surface area contributed by atoms with E-state index in [2.05, 4.69) is 36.1 Å². The van der Waals surface area contributed by atoms with Crippen LogP contribution >= 0.6 is 0 Å². The average Bonchev–Trinajstić information content (AvgIpc) is 3.33. The number of anilines is 1. The Morgan fingerprint density at radius 3 is 2.83 bits per heavy atom. The van der Waals surface area contributed by atoms with Gasteiger partial charge in [0, 0.05) is 61.8 Å². The van der Waals surface area contributed by atoms with Crippen LogP contribution in [0, 0.1) is 0 Å². The summed E-state index contributed by atoms with van der Waals surface area (Å²) in [6, 6.07) is 0. The first-order valence-electron chi connectivity index (χ1n) is 11.2. The molecule has 1 aliphatic carbocycles. The predicted octanol–water partition coefficient (Wildman–Crippen LogP) is 3.37. The van der Waals surface area contributed by atoms with Crippen LogP contribution in [0.3, 0.4) is 0 Å². The molecule has 2 aliphatic rings. The zero-order valence-electron chi connectivity index (χ0n) is 18.7. The second kappa shape index (κ2) is 8.00. The number of carbonyl (C=O) groups excluding carboxylic acids is 1. The number of likely N-dealkylation sites (tertiary alicyclic amines) is 1. The van der Waals surface area contributed by atoms with Crippen LogP contribution in [-0.4, -0.2) is 50.4 Å². The Hall–Kier alpha value is -2.44. The third-order valence-corrected chi connectivity index (χ3v) is 6.49. The summed E-state index contributed by atoms with van der Waals surface area (Å²) in [4.78, 5) is 31.6. The highest BCUT2D eigenvalue weighted by atomic mass is 16.2. The second-order valence-corrected chi connectivity index (χ2v) is 9.86. The number of imidazole rings is 1. The minimum absolute atomic E-state index is 0.0210. The van der Waals surface area contributed by atoms with E-state index < -0.39 is 0 Å². The summed E-state index contributed by atoms with van der Waals surface area (Å²) < 4.78 is 0. The number of fused-ring (bicyclic) bond motifs is 2. The summed E-state index contributed by atoms with van der Waals surface area (Å²) in [5.41, 5.74) is 2.29. The van der Waals surface area contributed by atoms with Crippen LogP contribution < -0.4 is 5.32 Å². The normalized spacial score (nSPS) is 21.1. The van der Waals surface area contributed by atoms with E-state index in [0.717, 1.165) is 75.6 Å². The SMILES string of the molecule is CC(=O)N1CCCC2(CCc3c(NCCCc4ncc[nH]4)nc(C(C)(C)C)nc32)C1. The molecule has 30 heavy (non-hydrogen) atoms. The Labute approximate surface area is 179 Å². The van der Waals surface area contributed by atoms with Gasteiger partial charge in [-0.25, -0.2) is 15.0 Å². The summed E-state index contributed by atoms with van der Waals surface area (Å²) in [5.74, 6) is 3.06. The van der Waals surface area contributed by atoms with Gasteiger partial charge in [-0.3, -0.25) is 4.79 Å². The van der Waals surface area contributed by atoms with E-state index in [1.54, 1.807) is 13.1 Å². The van der Waals surface area contributed by atoms with Gasteiger partial charge in [-0.2, -0.15) is 0 Å². The molecule has 3 heterocycles. The number of H-pyrrole nitrogens is 1. The molecular formula is C23H34N6O. The van der Waals surface area contributed by atoms with Crippen molar-refractivity contribution in [2.24, 2.45) is 0 Å². The van der Waals surface area contributed by atoms with Crippen LogP contribution in [0.15, 0.2) is 12.4 Å². The van der Waals surface area contributed by atoms with Gasteiger partial charge in [0.05, 0.1) is 5.69 Å². The molecule has 7 nitrogen and oxygen atoms in total.